The summed E-state index contributed by atoms with van der Waals surface area (Å²) < 4.78 is 0. The summed E-state index contributed by atoms with van der Waals surface area (Å²) in [7, 11) is 0. The minimum absolute atomic E-state index is 0.137. The Hall–Kier alpha value is -1.34. The van der Waals surface area contributed by atoms with Crippen molar-refractivity contribution in [3.8, 4) is 0 Å². The smallest absolute Gasteiger partial charge is 0.0525 e. The first-order valence-corrected chi connectivity index (χ1v) is 9.35. The van der Waals surface area contributed by atoms with Crippen molar-refractivity contribution in [1.82, 2.24) is 0 Å². The van der Waals surface area contributed by atoms with Gasteiger partial charge in [-0.1, -0.05) is 12.1 Å². The summed E-state index contributed by atoms with van der Waals surface area (Å²) >= 11 is 3.12. The van der Waals surface area contributed by atoms with Gasteiger partial charge in [-0.05, 0) is 41.8 Å². The van der Waals surface area contributed by atoms with Crippen molar-refractivity contribution in [1.29, 1.82) is 0 Å². The Kier molecular flexibility index (Phi) is 7.11. The van der Waals surface area contributed by atoms with Crippen LogP contribution in [0.4, 0.5) is 11.4 Å². The molecule has 23 heavy (non-hydrogen) atoms. The van der Waals surface area contributed by atoms with Gasteiger partial charge in [0.05, 0.1) is 13.2 Å². The van der Waals surface area contributed by atoms with E-state index in [0.29, 0.717) is 11.5 Å². The van der Waals surface area contributed by atoms with E-state index in [2.05, 4.69) is 12.1 Å². The molecule has 6 N–H and O–H groups in total. The molecular formula is C17H22N2O2S2. The fraction of sp³-hybridized carbons (Fsp3) is 0.294. The van der Waals surface area contributed by atoms with E-state index in [4.69, 9.17) is 21.7 Å². The number of rotatable bonds is 8. The first-order valence-electron chi connectivity index (χ1n) is 7.38. The second kappa shape index (κ2) is 9.08. The van der Waals surface area contributed by atoms with Crippen LogP contribution in [0.5, 0.6) is 0 Å². The molecule has 6 heteroatoms. The van der Waals surface area contributed by atoms with Crippen LogP contribution in [0.2, 0.25) is 0 Å². The minimum Gasteiger partial charge on any atom is -0.398 e. The van der Waals surface area contributed by atoms with Gasteiger partial charge in [0.1, 0.15) is 0 Å². The van der Waals surface area contributed by atoms with Crippen LogP contribution in [0.1, 0.15) is 11.1 Å². The van der Waals surface area contributed by atoms with Crippen molar-refractivity contribution in [3.05, 3.63) is 47.5 Å². The SMILES string of the molecule is Nc1ccc(Cc2ccc(N)c(SCCO)c2)cc1SCCO. The van der Waals surface area contributed by atoms with Crippen LogP contribution in [0.15, 0.2) is 46.2 Å². The molecule has 0 spiro atoms. The van der Waals surface area contributed by atoms with Gasteiger partial charge < -0.3 is 21.7 Å². The van der Waals surface area contributed by atoms with Gasteiger partial charge in [0.25, 0.3) is 0 Å². The van der Waals surface area contributed by atoms with Gasteiger partial charge >= 0.3 is 0 Å². The summed E-state index contributed by atoms with van der Waals surface area (Å²) in [6.07, 6.45) is 0.792. The monoisotopic (exact) mass is 350 g/mol. The zero-order valence-corrected chi connectivity index (χ0v) is 14.5. The molecule has 0 aliphatic rings. The summed E-state index contributed by atoms with van der Waals surface area (Å²) in [5.74, 6) is 1.27. The van der Waals surface area contributed by atoms with Gasteiger partial charge in [-0.3, -0.25) is 0 Å². The van der Waals surface area contributed by atoms with Crippen molar-refractivity contribution in [2.45, 2.75) is 16.2 Å². The molecule has 0 aliphatic heterocycles. The highest BCUT2D eigenvalue weighted by atomic mass is 32.2. The molecule has 0 fully saturated rings. The summed E-state index contributed by atoms with van der Waals surface area (Å²) in [4.78, 5) is 2.00. The lowest BCUT2D eigenvalue weighted by Crippen LogP contribution is -1.97. The van der Waals surface area contributed by atoms with E-state index in [9.17, 15) is 0 Å². The second-order valence-corrected chi connectivity index (χ2v) is 7.34. The third-order valence-corrected chi connectivity index (χ3v) is 5.36. The van der Waals surface area contributed by atoms with E-state index in [1.54, 1.807) is 23.5 Å². The predicted octanol–water partition coefficient (Wildman–Crippen LogP) is 2.61. The summed E-state index contributed by atoms with van der Waals surface area (Å²) in [5.41, 5.74) is 15.8. The van der Waals surface area contributed by atoms with Gasteiger partial charge in [0.2, 0.25) is 0 Å². The van der Waals surface area contributed by atoms with Crippen molar-refractivity contribution >= 4 is 34.9 Å². The number of anilines is 2. The van der Waals surface area contributed by atoms with Gasteiger partial charge in [-0.15, -0.1) is 23.5 Å². The lowest BCUT2D eigenvalue weighted by molar-refractivity contribution is 0.322. The van der Waals surface area contributed by atoms with Crippen molar-refractivity contribution < 1.29 is 10.2 Å². The molecule has 0 bridgehead atoms. The topological polar surface area (TPSA) is 92.5 Å². The lowest BCUT2D eigenvalue weighted by atomic mass is 10.0. The molecular weight excluding hydrogens is 328 g/mol. The van der Waals surface area contributed by atoms with Gasteiger partial charge in [0.15, 0.2) is 0 Å². The first-order chi connectivity index (χ1) is 11.1. The maximum Gasteiger partial charge on any atom is 0.0525 e. The van der Waals surface area contributed by atoms with Crippen LogP contribution in [0.3, 0.4) is 0 Å². The molecule has 0 heterocycles. The van der Waals surface area contributed by atoms with Crippen LogP contribution in [0, 0.1) is 0 Å². The van der Waals surface area contributed by atoms with Gasteiger partial charge in [0, 0.05) is 32.7 Å². The maximum absolute atomic E-state index is 8.96. The fourth-order valence-corrected chi connectivity index (χ4v) is 3.74. The van der Waals surface area contributed by atoms with E-state index >= 15 is 0 Å². The molecule has 2 aromatic rings. The third-order valence-electron chi connectivity index (χ3n) is 3.26. The molecule has 2 aromatic carbocycles. The Bertz CT molecular complexity index is 595. The number of aliphatic hydroxyl groups excluding tert-OH is 2. The molecule has 0 radical (unpaired) electrons. The Labute approximate surface area is 145 Å². The molecule has 0 saturated heterocycles. The molecule has 0 saturated carbocycles. The maximum atomic E-state index is 8.96. The summed E-state index contributed by atoms with van der Waals surface area (Å²) in [6.45, 7) is 0.273. The number of nitrogen functional groups attached to an aromatic ring is 2. The quantitative estimate of drug-likeness (QED) is 0.432. The Balaban J connectivity index is 2.15. The second-order valence-electron chi connectivity index (χ2n) is 5.07. The van der Waals surface area contributed by atoms with Crippen molar-refractivity contribution in [3.63, 3.8) is 0 Å². The number of benzene rings is 2. The number of thioether (sulfide) groups is 2. The van der Waals surface area contributed by atoms with Crippen molar-refractivity contribution in [2.75, 3.05) is 36.2 Å². The Morgan fingerprint density at radius 3 is 1.57 bits per heavy atom. The highest BCUT2D eigenvalue weighted by molar-refractivity contribution is 7.99. The van der Waals surface area contributed by atoms with Crippen LogP contribution in [0.25, 0.3) is 0 Å². The Morgan fingerprint density at radius 2 is 1.17 bits per heavy atom. The standard InChI is InChI=1S/C17H22N2O2S2/c18-14-3-1-12(10-16(14)22-7-5-20)9-13-2-4-15(19)17(11-13)23-8-6-21/h1-4,10-11,20-21H,5-9,18-19H2. The molecule has 124 valence electrons. The van der Waals surface area contributed by atoms with Gasteiger partial charge in [-0.2, -0.15) is 0 Å². The zero-order valence-electron chi connectivity index (χ0n) is 12.9. The van der Waals surface area contributed by atoms with Crippen molar-refractivity contribution in [2.24, 2.45) is 0 Å². The van der Waals surface area contributed by atoms with E-state index < -0.39 is 0 Å². The molecule has 0 unspecified atom stereocenters. The predicted molar refractivity (Wildman–Crippen MR) is 100 cm³/mol. The number of nitrogens with two attached hydrogens (primary N) is 2. The molecule has 0 aliphatic carbocycles. The highest BCUT2D eigenvalue weighted by Gasteiger charge is 2.06. The molecule has 0 amide bonds. The first kappa shape index (κ1) is 18.0. The van der Waals surface area contributed by atoms with Crippen LogP contribution < -0.4 is 11.5 Å². The zero-order chi connectivity index (χ0) is 16.7. The van der Waals surface area contributed by atoms with Crippen LogP contribution in [-0.4, -0.2) is 34.9 Å². The average Bonchev–Trinajstić information content (AvgIpc) is 2.55. The molecule has 4 nitrogen and oxygen atoms in total. The highest BCUT2D eigenvalue weighted by Crippen LogP contribution is 2.29. The third kappa shape index (κ3) is 5.35. The number of aliphatic hydroxyl groups is 2. The van der Waals surface area contributed by atoms with E-state index in [1.165, 1.54) is 11.1 Å². The Morgan fingerprint density at radius 1 is 0.739 bits per heavy atom. The lowest BCUT2D eigenvalue weighted by Gasteiger charge is -2.10. The number of hydrogen-bond donors (Lipinski definition) is 4. The summed E-state index contributed by atoms with van der Waals surface area (Å²) in [6, 6.07) is 12.0. The average molecular weight is 351 g/mol. The van der Waals surface area contributed by atoms with Crippen LogP contribution in [-0.2, 0) is 6.42 Å². The van der Waals surface area contributed by atoms with Gasteiger partial charge in [-0.25, -0.2) is 0 Å². The largest absolute Gasteiger partial charge is 0.398 e. The molecule has 2 rings (SSSR count). The fourth-order valence-electron chi connectivity index (χ4n) is 2.17. The van der Waals surface area contributed by atoms with E-state index in [-0.39, 0.29) is 13.2 Å². The summed E-state index contributed by atoms with van der Waals surface area (Å²) in [5, 5.41) is 17.9. The molecule has 0 aromatic heterocycles. The van der Waals surface area contributed by atoms with E-state index in [0.717, 1.165) is 27.6 Å². The minimum atomic E-state index is 0.137. The number of hydrogen-bond acceptors (Lipinski definition) is 6. The molecule has 0 atom stereocenters. The normalized spacial score (nSPS) is 10.9. The van der Waals surface area contributed by atoms with Crippen LogP contribution >= 0.6 is 23.5 Å². The van der Waals surface area contributed by atoms with E-state index in [1.807, 2.05) is 24.3 Å².